The highest BCUT2D eigenvalue weighted by Gasteiger charge is 2.49. The third-order valence-electron chi connectivity index (χ3n) is 6.96. The van der Waals surface area contributed by atoms with Crippen LogP contribution < -0.4 is 5.32 Å². The molecule has 0 saturated carbocycles. The lowest BCUT2D eigenvalue weighted by atomic mass is 9.72. The predicted octanol–water partition coefficient (Wildman–Crippen LogP) is 1.87. The van der Waals surface area contributed by atoms with Gasteiger partial charge in [-0.3, -0.25) is 9.59 Å². The molecule has 4 rings (SSSR count). The summed E-state index contributed by atoms with van der Waals surface area (Å²) in [6, 6.07) is 4.04. The summed E-state index contributed by atoms with van der Waals surface area (Å²) in [5.41, 5.74) is 0.573. The number of hydrogen-bond donors (Lipinski definition) is 2. The van der Waals surface area contributed by atoms with Crippen molar-refractivity contribution in [3.05, 3.63) is 24.0 Å². The molecule has 0 aliphatic carbocycles. The number of aromatic amines is 1. The highest BCUT2D eigenvalue weighted by molar-refractivity contribution is 5.92. The molecule has 7 heteroatoms. The Hall–Kier alpha value is -1.86. The van der Waals surface area contributed by atoms with Crippen LogP contribution in [-0.2, 0) is 9.53 Å². The van der Waals surface area contributed by atoms with Crippen LogP contribution in [0.1, 0.15) is 49.0 Å². The fourth-order valence-electron chi connectivity index (χ4n) is 5.66. The van der Waals surface area contributed by atoms with Crippen molar-refractivity contribution >= 4 is 11.8 Å². The quantitative estimate of drug-likeness (QED) is 0.651. The molecule has 29 heavy (non-hydrogen) atoms. The standard InChI is InChI=1S/C22H34N4O3/c1-29-11-3-2-10-25-14-16-12-17(15-25)20(26-19(16)7-4-8-21(26)27)13-24-22(28)18-6-5-9-23-18/h5-6,9,16-17,19-20,23H,2-4,7-8,10-15H2,1H3,(H,24,28)/t16-,17+,19+,20+/m1/s1. The van der Waals surface area contributed by atoms with Crippen molar-refractivity contribution < 1.29 is 14.3 Å². The van der Waals surface area contributed by atoms with E-state index in [1.165, 1.54) is 6.42 Å². The van der Waals surface area contributed by atoms with E-state index in [0.29, 0.717) is 36.5 Å². The molecule has 7 nitrogen and oxygen atoms in total. The molecular formula is C22H34N4O3. The van der Waals surface area contributed by atoms with Gasteiger partial charge >= 0.3 is 0 Å². The van der Waals surface area contributed by atoms with Crippen LogP contribution in [-0.4, -0.2) is 78.6 Å². The Morgan fingerprint density at radius 3 is 2.97 bits per heavy atom. The Morgan fingerprint density at radius 1 is 1.31 bits per heavy atom. The zero-order valence-electron chi connectivity index (χ0n) is 17.4. The number of amides is 2. The van der Waals surface area contributed by atoms with Crippen molar-refractivity contribution in [1.29, 1.82) is 0 Å². The molecular weight excluding hydrogens is 368 g/mol. The molecule has 0 unspecified atom stereocenters. The van der Waals surface area contributed by atoms with Crippen molar-refractivity contribution in [3.8, 4) is 0 Å². The van der Waals surface area contributed by atoms with E-state index in [-0.39, 0.29) is 17.9 Å². The Balaban J connectivity index is 1.44. The van der Waals surface area contributed by atoms with E-state index >= 15 is 0 Å². The van der Waals surface area contributed by atoms with Gasteiger partial charge in [0.15, 0.2) is 0 Å². The van der Waals surface area contributed by atoms with Crippen molar-refractivity contribution in [2.24, 2.45) is 11.8 Å². The number of hydrogen-bond acceptors (Lipinski definition) is 4. The maximum absolute atomic E-state index is 12.8. The highest BCUT2D eigenvalue weighted by atomic mass is 16.5. The number of nitrogens with zero attached hydrogens (tertiary/aromatic N) is 2. The molecule has 2 bridgehead atoms. The molecule has 3 aliphatic heterocycles. The summed E-state index contributed by atoms with van der Waals surface area (Å²) in [4.78, 5) is 33.0. The summed E-state index contributed by atoms with van der Waals surface area (Å²) in [5.74, 6) is 1.18. The van der Waals surface area contributed by atoms with Crippen LogP contribution in [0, 0.1) is 11.8 Å². The molecule has 2 amide bonds. The second-order valence-electron chi connectivity index (χ2n) is 8.84. The largest absolute Gasteiger partial charge is 0.385 e. The second-order valence-corrected chi connectivity index (χ2v) is 8.84. The smallest absolute Gasteiger partial charge is 0.267 e. The van der Waals surface area contributed by atoms with E-state index in [9.17, 15) is 9.59 Å². The van der Waals surface area contributed by atoms with Crippen LogP contribution in [0.5, 0.6) is 0 Å². The first-order valence-corrected chi connectivity index (χ1v) is 11.1. The predicted molar refractivity (Wildman–Crippen MR) is 111 cm³/mol. The van der Waals surface area contributed by atoms with Crippen molar-refractivity contribution in [2.45, 2.75) is 50.6 Å². The fraction of sp³-hybridized carbons (Fsp3) is 0.727. The monoisotopic (exact) mass is 402 g/mol. The van der Waals surface area contributed by atoms with E-state index in [2.05, 4.69) is 20.1 Å². The average molecular weight is 403 g/mol. The van der Waals surface area contributed by atoms with Gasteiger partial charge in [-0.1, -0.05) is 0 Å². The molecule has 3 saturated heterocycles. The number of H-pyrrole nitrogens is 1. The Kier molecular flexibility index (Phi) is 6.55. The van der Waals surface area contributed by atoms with E-state index in [0.717, 1.165) is 51.9 Å². The summed E-state index contributed by atoms with van der Waals surface area (Å²) >= 11 is 0. The highest BCUT2D eigenvalue weighted by Crippen LogP contribution is 2.41. The molecule has 4 atom stereocenters. The van der Waals surface area contributed by atoms with Gasteiger partial charge in [0, 0.05) is 52.0 Å². The van der Waals surface area contributed by atoms with Gasteiger partial charge in [0.1, 0.15) is 5.69 Å². The zero-order valence-corrected chi connectivity index (χ0v) is 17.4. The number of likely N-dealkylation sites (tertiary alicyclic amines) is 1. The number of carbonyl (C=O) groups is 2. The maximum atomic E-state index is 12.8. The molecule has 4 heterocycles. The minimum absolute atomic E-state index is 0.0923. The molecule has 3 aliphatic rings. The maximum Gasteiger partial charge on any atom is 0.267 e. The zero-order chi connectivity index (χ0) is 20.2. The molecule has 2 N–H and O–H groups in total. The van der Waals surface area contributed by atoms with Crippen molar-refractivity contribution in [1.82, 2.24) is 20.1 Å². The summed E-state index contributed by atoms with van der Waals surface area (Å²) in [6.07, 6.45) is 7.91. The Morgan fingerprint density at radius 2 is 2.17 bits per heavy atom. The molecule has 160 valence electrons. The number of fused-ring (bicyclic) bond motifs is 4. The first-order valence-electron chi connectivity index (χ1n) is 11.1. The van der Waals surface area contributed by atoms with Gasteiger partial charge in [0.25, 0.3) is 5.91 Å². The van der Waals surface area contributed by atoms with Crippen LogP contribution >= 0.6 is 0 Å². The molecule has 0 spiro atoms. The van der Waals surface area contributed by atoms with E-state index in [1.807, 2.05) is 6.07 Å². The normalized spacial score (nSPS) is 29.6. The third-order valence-corrected chi connectivity index (χ3v) is 6.96. The summed E-state index contributed by atoms with van der Waals surface area (Å²) < 4.78 is 5.18. The van der Waals surface area contributed by atoms with Crippen LogP contribution in [0.4, 0.5) is 0 Å². The summed E-state index contributed by atoms with van der Waals surface area (Å²) in [7, 11) is 1.76. The van der Waals surface area contributed by atoms with Gasteiger partial charge in [0.05, 0.1) is 6.04 Å². The van der Waals surface area contributed by atoms with E-state index < -0.39 is 0 Å². The Labute approximate surface area is 173 Å². The van der Waals surface area contributed by atoms with Crippen molar-refractivity contribution in [2.75, 3.05) is 39.9 Å². The molecule has 0 radical (unpaired) electrons. The number of rotatable bonds is 8. The minimum Gasteiger partial charge on any atom is -0.385 e. The molecule has 3 fully saturated rings. The number of methoxy groups -OCH3 is 1. The number of piperidine rings is 3. The van der Waals surface area contributed by atoms with Gasteiger partial charge in [-0.05, 0) is 62.6 Å². The third kappa shape index (κ3) is 4.51. The second kappa shape index (κ2) is 9.30. The lowest BCUT2D eigenvalue weighted by Gasteiger charge is -2.56. The van der Waals surface area contributed by atoms with Gasteiger partial charge in [-0.15, -0.1) is 0 Å². The summed E-state index contributed by atoms with van der Waals surface area (Å²) in [6.45, 7) is 4.56. The lowest BCUT2D eigenvalue weighted by molar-refractivity contribution is -0.152. The SMILES string of the molecule is COCCCCN1C[C@H]2C[C@@H](C1)[C@H](CNC(=O)c1ccc[nH]1)N1C(=O)CCC[C@@H]21. The molecule has 0 aromatic carbocycles. The van der Waals surface area contributed by atoms with Gasteiger partial charge in [0.2, 0.25) is 5.91 Å². The number of nitrogens with one attached hydrogen (secondary N) is 2. The van der Waals surface area contributed by atoms with Gasteiger partial charge in [-0.25, -0.2) is 0 Å². The Bertz CT molecular complexity index is 692. The molecule has 1 aromatic heterocycles. The van der Waals surface area contributed by atoms with Crippen molar-refractivity contribution in [3.63, 3.8) is 0 Å². The first kappa shape index (κ1) is 20.4. The van der Waals surface area contributed by atoms with Crippen LogP contribution in [0.2, 0.25) is 0 Å². The topological polar surface area (TPSA) is 77.7 Å². The summed E-state index contributed by atoms with van der Waals surface area (Å²) in [5, 5.41) is 3.09. The number of ether oxygens (including phenoxy) is 1. The van der Waals surface area contributed by atoms with Gasteiger partial charge in [-0.2, -0.15) is 0 Å². The average Bonchev–Trinajstić information content (AvgIpc) is 3.26. The van der Waals surface area contributed by atoms with E-state index in [1.54, 1.807) is 19.4 Å². The minimum atomic E-state index is -0.0923. The van der Waals surface area contributed by atoms with Gasteiger partial charge < -0.3 is 24.8 Å². The lowest BCUT2D eigenvalue weighted by Crippen LogP contribution is -2.67. The molecule has 1 aromatic rings. The van der Waals surface area contributed by atoms with Crippen LogP contribution in [0.3, 0.4) is 0 Å². The number of carbonyl (C=O) groups excluding carboxylic acids is 2. The number of aromatic nitrogens is 1. The van der Waals surface area contributed by atoms with E-state index in [4.69, 9.17) is 4.74 Å². The fourth-order valence-corrected chi connectivity index (χ4v) is 5.66. The van der Waals surface area contributed by atoms with Crippen LogP contribution in [0.15, 0.2) is 18.3 Å². The van der Waals surface area contributed by atoms with Crippen LogP contribution in [0.25, 0.3) is 0 Å². The number of unbranched alkanes of at least 4 members (excludes halogenated alkanes) is 1. The first-order chi connectivity index (χ1) is 14.2.